The largest absolute Gasteiger partial charge is 0.398 e. The smallest absolute Gasteiger partial charge is 0.0613 e. The van der Waals surface area contributed by atoms with Crippen LogP contribution in [0.3, 0.4) is 0 Å². The van der Waals surface area contributed by atoms with Crippen molar-refractivity contribution in [3.8, 4) is 0 Å². The molecule has 2 aromatic heterocycles. The van der Waals surface area contributed by atoms with Gasteiger partial charge in [-0.1, -0.05) is 6.92 Å². The van der Waals surface area contributed by atoms with Crippen molar-refractivity contribution < 1.29 is 0 Å². The van der Waals surface area contributed by atoms with E-state index in [-0.39, 0.29) is 6.04 Å². The summed E-state index contributed by atoms with van der Waals surface area (Å²) >= 11 is 0. The van der Waals surface area contributed by atoms with Gasteiger partial charge in [0.05, 0.1) is 6.04 Å². The summed E-state index contributed by atoms with van der Waals surface area (Å²) in [7, 11) is 0. The second-order valence-electron chi connectivity index (χ2n) is 3.78. The van der Waals surface area contributed by atoms with Crippen molar-refractivity contribution >= 4 is 5.69 Å². The van der Waals surface area contributed by atoms with Gasteiger partial charge in [0, 0.05) is 36.0 Å². The van der Waals surface area contributed by atoms with Crippen LogP contribution in [0, 0.1) is 0 Å². The maximum atomic E-state index is 5.99. The molecule has 0 aliphatic rings. The molecular formula is C13H16N4. The monoisotopic (exact) mass is 228 g/mol. The molecule has 0 aliphatic carbocycles. The van der Waals surface area contributed by atoms with Crippen LogP contribution in [0.4, 0.5) is 5.69 Å². The predicted molar refractivity (Wildman–Crippen MR) is 68.4 cm³/mol. The third-order valence-corrected chi connectivity index (χ3v) is 2.65. The van der Waals surface area contributed by atoms with E-state index in [1.54, 1.807) is 18.6 Å². The molecule has 0 aromatic carbocycles. The molecule has 0 bridgehead atoms. The molecule has 17 heavy (non-hydrogen) atoms. The fourth-order valence-electron chi connectivity index (χ4n) is 1.83. The number of aromatic nitrogens is 2. The first-order chi connectivity index (χ1) is 8.33. The minimum atomic E-state index is 0.0664. The van der Waals surface area contributed by atoms with E-state index in [9.17, 15) is 0 Å². The lowest BCUT2D eigenvalue weighted by Crippen LogP contribution is -2.23. The maximum Gasteiger partial charge on any atom is 0.0613 e. The lowest BCUT2D eigenvalue weighted by molar-refractivity contribution is 0.629. The third-order valence-electron chi connectivity index (χ3n) is 2.65. The Bertz CT molecular complexity index is 470. The highest BCUT2D eigenvalue weighted by Gasteiger charge is 2.15. The molecule has 2 rings (SSSR count). The summed E-state index contributed by atoms with van der Waals surface area (Å²) in [5.74, 6) is 0. The molecule has 0 spiro atoms. The molecule has 0 radical (unpaired) electrons. The summed E-state index contributed by atoms with van der Waals surface area (Å²) in [6.07, 6.45) is 7.08. The van der Waals surface area contributed by atoms with Crippen LogP contribution >= 0.6 is 0 Å². The van der Waals surface area contributed by atoms with E-state index in [2.05, 4.69) is 22.2 Å². The normalized spacial score (nSPS) is 12.3. The molecule has 88 valence electrons. The molecule has 0 fully saturated rings. The van der Waals surface area contributed by atoms with Crippen molar-refractivity contribution in [3.05, 3.63) is 54.1 Å². The van der Waals surface area contributed by atoms with Gasteiger partial charge in [-0.3, -0.25) is 9.97 Å². The van der Waals surface area contributed by atoms with Gasteiger partial charge in [-0.15, -0.1) is 0 Å². The summed E-state index contributed by atoms with van der Waals surface area (Å²) in [5, 5.41) is 3.41. The SMILES string of the molecule is CCNC(c1ccncc1)c1cnccc1N. The van der Waals surface area contributed by atoms with Crippen LogP contribution in [0.25, 0.3) is 0 Å². The summed E-state index contributed by atoms with van der Waals surface area (Å²) in [6.45, 7) is 2.93. The van der Waals surface area contributed by atoms with Crippen LogP contribution in [-0.4, -0.2) is 16.5 Å². The highest BCUT2D eigenvalue weighted by atomic mass is 14.9. The average Bonchev–Trinajstić information content (AvgIpc) is 2.38. The molecule has 2 heterocycles. The number of nitrogens with two attached hydrogens (primary N) is 1. The molecule has 0 amide bonds. The number of nitrogens with zero attached hydrogens (tertiary/aromatic N) is 2. The lowest BCUT2D eigenvalue weighted by atomic mass is 10.00. The van der Waals surface area contributed by atoms with E-state index in [0.29, 0.717) is 0 Å². The number of anilines is 1. The van der Waals surface area contributed by atoms with Crippen molar-refractivity contribution in [1.29, 1.82) is 0 Å². The van der Waals surface area contributed by atoms with E-state index in [0.717, 1.165) is 23.4 Å². The fraction of sp³-hybridized carbons (Fsp3) is 0.231. The minimum absolute atomic E-state index is 0.0664. The molecule has 1 unspecified atom stereocenters. The second-order valence-corrected chi connectivity index (χ2v) is 3.78. The Labute approximate surface area is 101 Å². The number of rotatable bonds is 4. The Hall–Kier alpha value is -1.94. The van der Waals surface area contributed by atoms with E-state index in [1.807, 2.05) is 24.4 Å². The zero-order chi connectivity index (χ0) is 12.1. The maximum absolute atomic E-state index is 5.99. The molecule has 0 saturated heterocycles. The van der Waals surface area contributed by atoms with E-state index in [4.69, 9.17) is 5.73 Å². The van der Waals surface area contributed by atoms with Crippen LogP contribution in [0.15, 0.2) is 43.0 Å². The lowest BCUT2D eigenvalue weighted by Gasteiger charge is -2.19. The average molecular weight is 228 g/mol. The Morgan fingerprint density at radius 1 is 1.18 bits per heavy atom. The van der Waals surface area contributed by atoms with Crippen molar-refractivity contribution in [1.82, 2.24) is 15.3 Å². The van der Waals surface area contributed by atoms with Crippen LogP contribution < -0.4 is 11.1 Å². The molecular weight excluding hydrogens is 212 g/mol. The van der Waals surface area contributed by atoms with Gasteiger partial charge in [-0.2, -0.15) is 0 Å². The fourth-order valence-corrected chi connectivity index (χ4v) is 1.83. The Kier molecular flexibility index (Phi) is 3.67. The van der Waals surface area contributed by atoms with Crippen molar-refractivity contribution in [2.24, 2.45) is 0 Å². The number of nitrogens with one attached hydrogen (secondary N) is 1. The highest BCUT2D eigenvalue weighted by molar-refractivity contribution is 5.49. The van der Waals surface area contributed by atoms with Crippen LogP contribution in [0.1, 0.15) is 24.1 Å². The Balaban J connectivity index is 2.39. The van der Waals surface area contributed by atoms with Gasteiger partial charge in [0.2, 0.25) is 0 Å². The molecule has 1 atom stereocenters. The number of hydrogen-bond donors (Lipinski definition) is 2. The minimum Gasteiger partial charge on any atom is -0.398 e. The summed E-state index contributed by atoms with van der Waals surface area (Å²) in [6, 6.07) is 5.86. The quantitative estimate of drug-likeness (QED) is 0.837. The standard InChI is InChI=1S/C13H16N4/c1-2-17-13(10-3-6-15-7-4-10)11-9-16-8-5-12(11)14/h3-9,13,17H,2H2,1H3,(H2,14,16). The first-order valence-electron chi connectivity index (χ1n) is 5.65. The van der Waals surface area contributed by atoms with E-state index in [1.165, 1.54) is 0 Å². The first-order valence-corrected chi connectivity index (χ1v) is 5.65. The first kappa shape index (κ1) is 11.5. The van der Waals surface area contributed by atoms with Crippen molar-refractivity contribution in [2.45, 2.75) is 13.0 Å². The summed E-state index contributed by atoms with van der Waals surface area (Å²) in [4.78, 5) is 8.17. The molecule has 0 saturated carbocycles. The van der Waals surface area contributed by atoms with E-state index < -0.39 is 0 Å². The van der Waals surface area contributed by atoms with Gasteiger partial charge < -0.3 is 11.1 Å². The predicted octanol–water partition coefficient (Wildman–Crippen LogP) is 1.76. The van der Waals surface area contributed by atoms with Gasteiger partial charge in [-0.05, 0) is 30.3 Å². The summed E-state index contributed by atoms with van der Waals surface area (Å²) in [5.41, 5.74) is 8.89. The van der Waals surface area contributed by atoms with Crippen LogP contribution in [0.5, 0.6) is 0 Å². The Morgan fingerprint density at radius 3 is 2.53 bits per heavy atom. The molecule has 4 nitrogen and oxygen atoms in total. The Morgan fingerprint density at radius 2 is 1.88 bits per heavy atom. The zero-order valence-electron chi connectivity index (χ0n) is 9.80. The van der Waals surface area contributed by atoms with Gasteiger partial charge in [0.1, 0.15) is 0 Å². The van der Waals surface area contributed by atoms with Gasteiger partial charge in [-0.25, -0.2) is 0 Å². The number of nitrogen functional groups attached to an aromatic ring is 1. The molecule has 3 N–H and O–H groups in total. The highest BCUT2D eigenvalue weighted by Crippen LogP contribution is 2.25. The van der Waals surface area contributed by atoms with Crippen molar-refractivity contribution in [3.63, 3.8) is 0 Å². The molecule has 2 aromatic rings. The van der Waals surface area contributed by atoms with Gasteiger partial charge >= 0.3 is 0 Å². The molecule has 4 heteroatoms. The van der Waals surface area contributed by atoms with Crippen LogP contribution in [-0.2, 0) is 0 Å². The topological polar surface area (TPSA) is 63.8 Å². The molecule has 0 aliphatic heterocycles. The van der Waals surface area contributed by atoms with Crippen LogP contribution in [0.2, 0.25) is 0 Å². The van der Waals surface area contributed by atoms with Crippen molar-refractivity contribution in [2.75, 3.05) is 12.3 Å². The zero-order valence-corrected chi connectivity index (χ0v) is 9.80. The third kappa shape index (κ3) is 2.60. The number of pyridine rings is 2. The van der Waals surface area contributed by atoms with Gasteiger partial charge in [0.15, 0.2) is 0 Å². The second kappa shape index (κ2) is 5.41. The summed E-state index contributed by atoms with van der Waals surface area (Å²) < 4.78 is 0. The number of hydrogen-bond acceptors (Lipinski definition) is 4. The van der Waals surface area contributed by atoms with Gasteiger partial charge in [0.25, 0.3) is 0 Å². The van der Waals surface area contributed by atoms with E-state index >= 15 is 0 Å².